The summed E-state index contributed by atoms with van der Waals surface area (Å²) in [5, 5.41) is 2.59. The lowest BCUT2D eigenvalue weighted by atomic mass is 10.3. The standard InChI is InChI=1S/C13H15N3O3/c1-9(2)14-12(18)15-8-11(17)16(13(15)19)10-6-4-3-5-7-10/h3-7,9H,8H2,1-2H3,(H,14,18). The zero-order valence-electron chi connectivity index (χ0n) is 10.8. The maximum Gasteiger partial charge on any atom is 0.340 e. The highest BCUT2D eigenvalue weighted by molar-refractivity contribution is 6.23. The van der Waals surface area contributed by atoms with Gasteiger partial charge in [-0.2, -0.15) is 0 Å². The smallest absolute Gasteiger partial charge is 0.335 e. The summed E-state index contributed by atoms with van der Waals surface area (Å²) >= 11 is 0. The molecule has 6 nitrogen and oxygen atoms in total. The number of amides is 5. The van der Waals surface area contributed by atoms with Gasteiger partial charge in [-0.1, -0.05) is 18.2 Å². The predicted octanol–water partition coefficient (Wildman–Crippen LogP) is 1.57. The van der Waals surface area contributed by atoms with E-state index >= 15 is 0 Å². The van der Waals surface area contributed by atoms with Gasteiger partial charge in [-0.05, 0) is 26.0 Å². The molecule has 100 valence electrons. The van der Waals surface area contributed by atoms with E-state index in [1.165, 1.54) is 0 Å². The van der Waals surface area contributed by atoms with Crippen LogP contribution in [-0.2, 0) is 4.79 Å². The van der Waals surface area contributed by atoms with Crippen molar-refractivity contribution in [2.45, 2.75) is 19.9 Å². The molecular weight excluding hydrogens is 246 g/mol. The lowest BCUT2D eigenvalue weighted by Crippen LogP contribution is -2.45. The maximum atomic E-state index is 12.1. The van der Waals surface area contributed by atoms with E-state index in [0.29, 0.717) is 5.69 Å². The molecule has 2 rings (SSSR count). The molecule has 6 heteroatoms. The number of urea groups is 2. The van der Waals surface area contributed by atoms with E-state index in [-0.39, 0.29) is 12.6 Å². The van der Waals surface area contributed by atoms with Crippen molar-refractivity contribution in [2.75, 3.05) is 11.4 Å². The van der Waals surface area contributed by atoms with Crippen molar-refractivity contribution >= 4 is 23.7 Å². The van der Waals surface area contributed by atoms with Gasteiger partial charge in [0.15, 0.2) is 0 Å². The molecule has 1 aromatic rings. The number of nitrogens with zero attached hydrogens (tertiary/aromatic N) is 2. The van der Waals surface area contributed by atoms with Crippen LogP contribution < -0.4 is 10.2 Å². The Morgan fingerprint density at radius 1 is 1.21 bits per heavy atom. The van der Waals surface area contributed by atoms with Crippen molar-refractivity contribution < 1.29 is 14.4 Å². The van der Waals surface area contributed by atoms with Crippen LogP contribution in [0.1, 0.15) is 13.8 Å². The molecule has 0 bridgehead atoms. The monoisotopic (exact) mass is 261 g/mol. The molecule has 0 aromatic heterocycles. The zero-order chi connectivity index (χ0) is 14.0. The lowest BCUT2D eigenvalue weighted by Gasteiger charge is -2.17. The lowest BCUT2D eigenvalue weighted by molar-refractivity contribution is -0.116. The largest absolute Gasteiger partial charge is 0.340 e. The predicted molar refractivity (Wildman–Crippen MR) is 69.7 cm³/mol. The van der Waals surface area contributed by atoms with Crippen LogP contribution in [0.25, 0.3) is 0 Å². The number of nitrogens with one attached hydrogen (secondary N) is 1. The van der Waals surface area contributed by atoms with E-state index < -0.39 is 18.0 Å². The first-order valence-electron chi connectivity index (χ1n) is 6.00. The minimum Gasteiger partial charge on any atom is -0.335 e. The summed E-state index contributed by atoms with van der Waals surface area (Å²) in [5.41, 5.74) is 0.470. The number of anilines is 1. The number of carbonyl (C=O) groups excluding carboxylic acids is 3. The van der Waals surface area contributed by atoms with Crippen LogP contribution in [0.5, 0.6) is 0 Å². The molecule has 0 saturated carbocycles. The first-order chi connectivity index (χ1) is 9.00. The summed E-state index contributed by atoms with van der Waals surface area (Å²) in [7, 11) is 0. The highest BCUT2D eigenvalue weighted by Crippen LogP contribution is 2.20. The molecule has 5 amide bonds. The van der Waals surface area contributed by atoms with Gasteiger partial charge in [0.05, 0.1) is 5.69 Å². The van der Waals surface area contributed by atoms with E-state index in [1.54, 1.807) is 44.2 Å². The first kappa shape index (κ1) is 13.1. The second-order valence-electron chi connectivity index (χ2n) is 4.54. The average Bonchev–Trinajstić information content (AvgIpc) is 2.65. The van der Waals surface area contributed by atoms with Crippen LogP contribution in [0.4, 0.5) is 15.3 Å². The highest BCUT2D eigenvalue weighted by atomic mass is 16.2. The van der Waals surface area contributed by atoms with Gasteiger partial charge in [0.2, 0.25) is 0 Å². The van der Waals surface area contributed by atoms with Crippen molar-refractivity contribution in [1.82, 2.24) is 10.2 Å². The Hall–Kier alpha value is -2.37. The third kappa shape index (κ3) is 2.57. The average molecular weight is 261 g/mol. The third-order valence-corrected chi connectivity index (χ3v) is 2.64. The summed E-state index contributed by atoms with van der Waals surface area (Å²) in [5.74, 6) is -0.407. The first-order valence-corrected chi connectivity index (χ1v) is 6.00. The number of rotatable bonds is 2. The van der Waals surface area contributed by atoms with Gasteiger partial charge in [-0.25, -0.2) is 19.4 Å². The molecule has 1 heterocycles. The third-order valence-electron chi connectivity index (χ3n) is 2.64. The number of para-hydroxylation sites is 1. The van der Waals surface area contributed by atoms with Crippen molar-refractivity contribution in [3.63, 3.8) is 0 Å². The number of hydrogen-bond acceptors (Lipinski definition) is 3. The molecule has 0 radical (unpaired) electrons. The Morgan fingerprint density at radius 2 is 1.84 bits per heavy atom. The van der Waals surface area contributed by atoms with Crippen LogP contribution in [0.2, 0.25) is 0 Å². The quantitative estimate of drug-likeness (QED) is 0.821. The zero-order valence-corrected chi connectivity index (χ0v) is 10.8. The Bertz CT molecular complexity index is 513. The van der Waals surface area contributed by atoms with E-state index in [4.69, 9.17) is 0 Å². The van der Waals surface area contributed by atoms with Crippen LogP contribution >= 0.6 is 0 Å². The molecule has 1 aromatic carbocycles. The van der Waals surface area contributed by atoms with Gasteiger partial charge < -0.3 is 5.32 Å². The fraction of sp³-hybridized carbons (Fsp3) is 0.308. The number of hydrogen-bond donors (Lipinski definition) is 1. The molecule has 19 heavy (non-hydrogen) atoms. The summed E-state index contributed by atoms with van der Waals surface area (Å²) in [6.45, 7) is 3.34. The van der Waals surface area contributed by atoms with Crippen LogP contribution in [0, 0.1) is 0 Å². The van der Waals surface area contributed by atoms with Crippen molar-refractivity contribution in [3.05, 3.63) is 30.3 Å². The van der Waals surface area contributed by atoms with Crippen molar-refractivity contribution in [1.29, 1.82) is 0 Å². The molecule has 1 aliphatic rings. The van der Waals surface area contributed by atoms with E-state index in [9.17, 15) is 14.4 Å². The second kappa shape index (κ2) is 5.09. The van der Waals surface area contributed by atoms with Gasteiger partial charge >= 0.3 is 12.1 Å². The number of carbonyl (C=O) groups is 3. The molecular formula is C13H15N3O3. The second-order valence-corrected chi connectivity index (χ2v) is 4.54. The topological polar surface area (TPSA) is 69.7 Å². The summed E-state index contributed by atoms with van der Waals surface area (Å²) < 4.78 is 0. The van der Waals surface area contributed by atoms with Gasteiger partial charge in [0, 0.05) is 6.04 Å². The number of imide groups is 2. The van der Waals surface area contributed by atoms with Crippen LogP contribution in [-0.4, -0.2) is 35.5 Å². The molecule has 0 aliphatic carbocycles. The molecule has 1 N–H and O–H groups in total. The van der Waals surface area contributed by atoms with Gasteiger partial charge in [-0.3, -0.25) is 4.79 Å². The summed E-state index contributed by atoms with van der Waals surface area (Å²) in [4.78, 5) is 37.7. The minimum absolute atomic E-state index is 0.0961. The van der Waals surface area contributed by atoms with Crippen molar-refractivity contribution in [2.24, 2.45) is 0 Å². The fourth-order valence-corrected chi connectivity index (χ4v) is 1.82. The molecule has 1 saturated heterocycles. The Kier molecular flexibility index (Phi) is 3.50. The molecule has 0 atom stereocenters. The van der Waals surface area contributed by atoms with E-state index in [2.05, 4.69) is 5.32 Å². The van der Waals surface area contributed by atoms with Crippen LogP contribution in [0.15, 0.2) is 30.3 Å². The molecule has 1 aliphatic heterocycles. The SMILES string of the molecule is CC(C)NC(=O)N1CC(=O)N(c2ccccc2)C1=O. The maximum absolute atomic E-state index is 12.1. The Labute approximate surface area is 111 Å². The van der Waals surface area contributed by atoms with Crippen molar-refractivity contribution in [3.8, 4) is 0 Å². The Morgan fingerprint density at radius 3 is 2.42 bits per heavy atom. The number of benzene rings is 1. The normalized spacial score (nSPS) is 15.3. The molecule has 0 spiro atoms. The van der Waals surface area contributed by atoms with Gasteiger partial charge in [0.25, 0.3) is 5.91 Å². The van der Waals surface area contributed by atoms with E-state index in [1.807, 2.05) is 0 Å². The fourth-order valence-electron chi connectivity index (χ4n) is 1.82. The molecule has 0 unspecified atom stereocenters. The van der Waals surface area contributed by atoms with E-state index in [0.717, 1.165) is 9.80 Å². The summed E-state index contributed by atoms with van der Waals surface area (Å²) in [6.07, 6.45) is 0. The Balaban J connectivity index is 2.20. The minimum atomic E-state index is -0.616. The molecule has 1 fully saturated rings. The van der Waals surface area contributed by atoms with Crippen LogP contribution in [0.3, 0.4) is 0 Å². The van der Waals surface area contributed by atoms with Gasteiger partial charge in [-0.15, -0.1) is 0 Å². The summed E-state index contributed by atoms with van der Waals surface area (Å²) in [6, 6.07) is 7.29. The highest BCUT2D eigenvalue weighted by Gasteiger charge is 2.40. The van der Waals surface area contributed by atoms with Gasteiger partial charge in [0.1, 0.15) is 6.54 Å².